The summed E-state index contributed by atoms with van der Waals surface area (Å²) >= 11 is 0. The molecule has 146 valence electrons. The fraction of sp³-hybridized carbons (Fsp3) is 0.650. The van der Waals surface area contributed by atoms with Gasteiger partial charge in [0, 0.05) is 0 Å². The van der Waals surface area contributed by atoms with Crippen LogP contribution in [0.25, 0.3) is 0 Å². The van der Waals surface area contributed by atoms with Crippen molar-refractivity contribution in [3.05, 3.63) is 29.8 Å². The molecule has 0 saturated carbocycles. The van der Waals surface area contributed by atoms with Crippen molar-refractivity contribution < 1.29 is 13.9 Å². The number of hydrogen-bond acceptors (Lipinski definition) is 4. The van der Waals surface area contributed by atoms with E-state index in [1.54, 1.807) is 7.11 Å². The topological polar surface area (TPSA) is 43.3 Å². The highest BCUT2D eigenvalue weighted by molar-refractivity contribution is 6.75. The quantitative estimate of drug-likeness (QED) is 0.367. The van der Waals surface area contributed by atoms with Gasteiger partial charge in [-0.25, -0.2) is 0 Å². The highest BCUT2D eigenvalue weighted by Crippen LogP contribution is 2.38. The minimum atomic E-state index is -1.76. The molecule has 0 aliphatic carbocycles. The normalized spacial score (nSPS) is 21.7. The van der Waals surface area contributed by atoms with Crippen molar-refractivity contribution in [1.82, 2.24) is 0 Å². The van der Waals surface area contributed by atoms with Gasteiger partial charge in [0.25, 0.3) is 0 Å². The van der Waals surface area contributed by atoms with Crippen LogP contribution in [0, 0.1) is 0 Å². The lowest BCUT2D eigenvalue weighted by atomic mass is 10.1. The van der Waals surface area contributed by atoms with Crippen molar-refractivity contribution in [2.75, 3.05) is 13.7 Å². The molecule has 1 aromatic carbocycles. The molecule has 1 heterocycles. The van der Waals surface area contributed by atoms with Crippen LogP contribution in [0.5, 0.6) is 5.75 Å². The standard InChI is InChI=1S/C20H35NO3Si2/c1-20(2,3)26(8,9)23-14-17-19(24-17)18(21-25(5,6)7)15-10-12-16(22-4)13-11-15/h10-13,17,19H,14H2,1-9H3/b21-18-/t17-,19+/m0/s1. The van der Waals surface area contributed by atoms with Gasteiger partial charge in [-0.2, -0.15) is 0 Å². The van der Waals surface area contributed by atoms with E-state index in [0.29, 0.717) is 6.61 Å². The molecule has 4 nitrogen and oxygen atoms in total. The van der Waals surface area contributed by atoms with Gasteiger partial charge in [0.05, 0.1) is 19.4 Å². The Kier molecular flexibility index (Phi) is 6.22. The van der Waals surface area contributed by atoms with Crippen LogP contribution in [0.4, 0.5) is 0 Å². The van der Waals surface area contributed by atoms with Gasteiger partial charge in [-0.3, -0.25) is 0 Å². The third kappa shape index (κ3) is 5.52. The maximum absolute atomic E-state index is 6.35. The summed E-state index contributed by atoms with van der Waals surface area (Å²) in [6.45, 7) is 18.8. The summed E-state index contributed by atoms with van der Waals surface area (Å²) in [6, 6.07) is 8.12. The summed E-state index contributed by atoms with van der Waals surface area (Å²) in [5, 5.41) is 0.211. The van der Waals surface area contributed by atoms with Gasteiger partial charge < -0.3 is 18.6 Å². The Bertz CT molecular complexity index is 643. The average molecular weight is 394 g/mol. The van der Waals surface area contributed by atoms with E-state index in [1.807, 2.05) is 12.1 Å². The van der Waals surface area contributed by atoms with Crippen LogP contribution in [0.3, 0.4) is 0 Å². The number of hydrogen-bond donors (Lipinski definition) is 0. The molecule has 2 atom stereocenters. The lowest BCUT2D eigenvalue weighted by Crippen LogP contribution is -2.42. The molecule has 1 aliphatic rings. The second-order valence-electron chi connectivity index (χ2n) is 9.56. The smallest absolute Gasteiger partial charge is 0.192 e. The molecule has 1 saturated heterocycles. The van der Waals surface area contributed by atoms with E-state index in [0.717, 1.165) is 17.0 Å². The van der Waals surface area contributed by atoms with E-state index in [-0.39, 0.29) is 17.2 Å². The molecule has 0 N–H and O–H groups in total. The van der Waals surface area contributed by atoms with Crippen molar-refractivity contribution >= 4 is 22.3 Å². The molecule has 0 amide bonds. The number of rotatable bonds is 7. The largest absolute Gasteiger partial charge is 0.497 e. The van der Waals surface area contributed by atoms with Gasteiger partial charge in [0.2, 0.25) is 0 Å². The lowest BCUT2D eigenvalue weighted by Gasteiger charge is -2.36. The monoisotopic (exact) mass is 393 g/mol. The number of ether oxygens (including phenoxy) is 2. The van der Waals surface area contributed by atoms with Crippen LogP contribution in [0.2, 0.25) is 37.8 Å². The van der Waals surface area contributed by atoms with Crippen LogP contribution in [0.1, 0.15) is 26.3 Å². The molecule has 1 aliphatic heterocycles. The Hall–Kier alpha value is -0.956. The Morgan fingerprint density at radius 3 is 2.12 bits per heavy atom. The summed E-state index contributed by atoms with van der Waals surface area (Å²) < 4.78 is 22.7. The molecule has 0 unspecified atom stereocenters. The zero-order valence-corrected chi connectivity index (χ0v) is 19.8. The molecule has 0 radical (unpaired) electrons. The van der Waals surface area contributed by atoms with Crippen LogP contribution in [0.15, 0.2) is 28.9 Å². The van der Waals surface area contributed by atoms with Crippen molar-refractivity contribution in [2.45, 2.75) is 70.8 Å². The number of methoxy groups -OCH3 is 1. The first-order valence-electron chi connectivity index (χ1n) is 9.38. The summed E-state index contributed by atoms with van der Waals surface area (Å²) in [7, 11) is -1.70. The maximum atomic E-state index is 6.35. The lowest BCUT2D eigenvalue weighted by molar-refractivity contribution is 0.243. The molecule has 1 fully saturated rings. The Labute approximate surface area is 161 Å². The highest BCUT2D eigenvalue weighted by Gasteiger charge is 2.46. The molecule has 26 heavy (non-hydrogen) atoms. The molecule has 0 aromatic heterocycles. The number of nitrogens with zero attached hydrogens (tertiary/aromatic N) is 1. The molecule has 1 aromatic rings. The van der Waals surface area contributed by atoms with E-state index in [1.165, 1.54) is 0 Å². The van der Waals surface area contributed by atoms with Crippen LogP contribution < -0.4 is 4.74 Å². The summed E-state index contributed by atoms with van der Waals surface area (Å²) in [5.74, 6) is 0.857. The summed E-state index contributed by atoms with van der Waals surface area (Å²) in [6.07, 6.45) is 0.154. The first-order valence-corrected chi connectivity index (χ1v) is 15.7. The zero-order valence-electron chi connectivity index (χ0n) is 17.8. The Balaban J connectivity index is 2.13. The molecule has 0 bridgehead atoms. The molecular weight excluding hydrogens is 358 g/mol. The predicted octanol–water partition coefficient (Wildman–Crippen LogP) is 5.11. The minimum absolute atomic E-state index is 0.0416. The molecule has 6 heteroatoms. The maximum Gasteiger partial charge on any atom is 0.192 e. The number of benzene rings is 1. The Morgan fingerprint density at radius 2 is 1.65 bits per heavy atom. The molecular formula is C20H35NO3Si2. The SMILES string of the molecule is COc1ccc(/C(=N/[Si](C)(C)C)[C@@H]2O[C@H]2CO[Si](C)(C)C(C)(C)C)cc1. The van der Waals surface area contributed by atoms with Crippen molar-refractivity contribution in [1.29, 1.82) is 0 Å². The van der Waals surface area contributed by atoms with Gasteiger partial charge in [0.15, 0.2) is 16.6 Å². The molecule has 2 rings (SSSR count). The van der Waals surface area contributed by atoms with Crippen LogP contribution >= 0.6 is 0 Å². The van der Waals surface area contributed by atoms with Gasteiger partial charge in [-0.1, -0.05) is 20.8 Å². The van der Waals surface area contributed by atoms with Crippen LogP contribution in [-0.2, 0) is 9.16 Å². The fourth-order valence-electron chi connectivity index (χ4n) is 2.43. The third-order valence-corrected chi connectivity index (χ3v) is 10.5. The van der Waals surface area contributed by atoms with Gasteiger partial charge in [0.1, 0.15) is 18.0 Å². The predicted molar refractivity (Wildman–Crippen MR) is 115 cm³/mol. The van der Waals surface area contributed by atoms with E-state index < -0.39 is 16.6 Å². The van der Waals surface area contributed by atoms with E-state index in [2.05, 4.69) is 65.6 Å². The van der Waals surface area contributed by atoms with Crippen molar-refractivity contribution in [3.63, 3.8) is 0 Å². The highest BCUT2D eigenvalue weighted by atomic mass is 28.4. The minimum Gasteiger partial charge on any atom is -0.497 e. The second-order valence-corrected chi connectivity index (χ2v) is 18.9. The van der Waals surface area contributed by atoms with Gasteiger partial charge >= 0.3 is 0 Å². The van der Waals surface area contributed by atoms with Gasteiger partial charge in [-0.05, 0) is 67.6 Å². The van der Waals surface area contributed by atoms with E-state index in [9.17, 15) is 0 Å². The third-order valence-electron chi connectivity index (χ3n) is 5.11. The van der Waals surface area contributed by atoms with E-state index >= 15 is 0 Å². The summed E-state index contributed by atoms with van der Waals surface area (Å²) in [5.41, 5.74) is 2.18. The summed E-state index contributed by atoms with van der Waals surface area (Å²) in [4.78, 5) is 0. The van der Waals surface area contributed by atoms with Crippen LogP contribution in [-0.4, -0.2) is 48.2 Å². The zero-order chi connectivity index (χ0) is 19.8. The number of epoxide rings is 1. The molecule has 0 spiro atoms. The van der Waals surface area contributed by atoms with E-state index in [4.69, 9.17) is 18.6 Å². The average Bonchev–Trinajstić information content (AvgIpc) is 3.28. The second kappa shape index (κ2) is 7.58. The van der Waals surface area contributed by atoms with Gasteiger partial charge in [-0.15, -0.1) is 0 Å². The Morgan fingerprint density at radius 1 is 1.08 bits per heavy atom. The van der Waals surface area contributed by atoms with Crippen molar-refractivity contribution in [2.24, 2.45) is 4.66 Å². The van der Waals surface area contributed by atoms with Crippen molar-refractivity contribution in [3.8, 4) is 5.75 Å². The first-order chi connectivity index (χ1) is 11.8. The fourth-order valence-corrected chi connectivity index (χ4v) is 4.43. The first kappa shape index (κ1) is 21.3.